The van der Waals surface area contributed by atoms with Gasteiger partial charge in [-0.25, -0.2) is 4.98 Å². The van der Waals surface area contributed by atoms with Crippen LogP contribution >= 0.6 is 0 Å². The van der Waals surface area contributed by atoms with Crippen molar-refractivity contribution < 1.29 is 9.53 Å². The van der Waals surface area contributed by atoms with Crippen molar-refractivity contribution >= 4 is 5.97 Å². The fourth-order valence-corrected chi connectivity index (χ4v) is 2.47. The first-order chi connectivity index (χ1) is 9.54. The van der Waals surface area contributed by atoms with Gasteiger partial charge in [-0.05, 0) is 33.9 Å². The van der Waals surface area contributed by atoms with E-state index in [0.29, 0.717) is 19.1 Å². The third kappa shape index (κ3) is 4.07. The van der Waals surface area contributed by atoms with Crippen LogP contribution in [-0.2, 0) is 9.53 Å². The Morgan fingerprint density at radius 3 is 2.50 bits per heavy atom. The van der Waals surface area contributed by atoms with Crippen molar-refractivity contribution in [2.45, 2.75) is 53.1 Å². The highest BCUT2D eigenvalue weighted by Gasteiger charge is 2.25. The summed E-state index contributed by atoms with van der Waals surface area (Å²) in [6, 6.07) is 0.349. The van der Waals surface area contributed by atoms with Gasteiger partial charge in [0.15, 0.2) is 0 Å². The molecule has 20 heavy (non-hydrogen) atoms. The molecule has 0 saturated heterocycles. The van der Waals surface area contributed by atoms with Crippen molar-refractivity contribution in [2.24, 2.45) is 0 Å². The molecule has 1 heterocycles. The van der Waals surface area contributed by atoms with Crippen molar-refractivity contribution in [3.63, 3.8) is 0 Å². The number of nitrogens with zero attached hydrogens (tertiary/aromatic N) is 3. The number of hydrogen-bond acceptors (Lipinski definition) is 4. The third-order valence-electron chi connectivity index (χ3n) is 3.51. The molecule has 0 spiro atoms. The van der Waals surface area contributed by atoms with Gasteiger partial charge in [-0.15, -0.1) is 0 Å². The first kappa shape index (κ1) is 16.7. The van der Waals surface area contributed by atoms with E-state index in [2.05, 4.69) is 42.1 Å². The van der Waals surface area contributed by atoms with Crippen molar-refractivity contribution in [3.05, 3.63) is 18.2 Å². The van der Waals surface area contributed by atoms with Crippen LogP contribution in [-0.4, -0.2) is 40.1 Å². The molecule has 1 aromatic rings. The van der Waals surface area contributed by atoms with E-state index in [9.17, 15) is 4.79 Å². The molecule has 0 amide bonds. The van der Waals surface area contributed by atoms with E-state index >= 15 is 0 Å². The molecule has 5 nitrogen and oxygen atoms in total. The molecule has 0 saturated carbocycles. The average Bonchev–Trinajstić information content (AvgIpc) is 2.88. The Labute approximate surface area is 121 Å². The molecule has 1 aromatic heterocycles. The van der Waals surface area contributed by atoms with Crippen molar-refractivity contribution in [1.29, 1.82) is 0 Å². The maximum absolute atomic E-state index is 11.9. The smallest absolute Gasteiger partial charge is 0.307 e. The van der Waals surface area contributed by atoms with Gasteiger partial charge in [0, 0.05) is 12.2 Å². The maximum atomic E-state index is 11.9. The van der Waals surface area contributed by atoms with E-state index in [1.165, 1.54) is 0 Å². The van der Waals surface area contributed by atoms with Crippen LogP contribution in [0.25, 0.3) is 0 Å². The van der Waals surface area contributed by atoms with Crippen LogP contribution in [0.1, 0.15) is 58.8 Å². The summed E-state index contributed by atoms with van der Waals surface area (Å²) in [7, 11) is 0. The number of aromatic nitrogens is 2. The lowest BCUT2D eigenvalue weighted by Crippen LogP contribution is -2.32. The lowest BCUT2D eigenvalue weighted by atomic mass is 10.1. The van der Waals surface area contributed by atoms with Gasteiger partial charge in [0.1, 0.15) is 0 Å². The van der Waals surface area contributed by atoms with E-state index in [1.54, 1.807) is 0 Å². The Bertz CT molecular complexity index is 411. The summed E-state index contributed by atoms with van der Waals surface area (Å²) in [5.74, 6) is -0.152. The van der Waals surface area contributed by atoms with Crippen LogP contribution in [0.3, 0.4) is 0 Å². The third-order valence-corrected chi connectivity index (χ3v) is 3.51. The molecule has 0 N–H and O–H groups in total. The zero-order valence-corrected chi connectivity index (χ0v) is 13.3. The van der Waals surface area contributed by atoms with Gasteiger partial charge in [0.2, 0.25) is 0 Å². The van der Waals surface area contributed by atoms with E-state index in [1.807, 2.05) is 19.4 Å². The monoisotopic (exact) mass is 281 g/mol. The van der Waals surface area contributed by atoms with Crippen LogP contribution in [0.5, 0.6) is 0 Å². The molecule has 0 bridgehead atoms. The van der Waals surface area contributed by atoms with Gasteiger partial charge >= 0.3 is 5.97 Å². The minimum absolute atomic E-state index is 0.0222. The predicted molar refractivity (Wildman–Crippen MR) is 79.5 cm³/mol. The molecule has 1 rings (SSSR count). The van der Waals surface area contributed by atoms with Gasteiger partial charge in [-0.3, -0.25) is 9.69 Å². The normalized spacial score (nSPS) is 12.9. The van der Waals surface area contributed by atoms with Crippen molar-refractivity contribution in [2.75, 3.05) is 19.7 Å². The van der Waals surface area contributed by atoms with Gasteiger partial charge in [0.05, 0.1) is 31.1 Å². The summed E-state index contributed by atoms with van der Waals surface area (Å²) in [5.41, 5.74) is 1.08. The highest BCUT2D eigenvalue weighted by molar-refractivity contribution is 5.70. The topological polar surface area (TPSA) is 47.4 Å². The Morgan fingerprint density at radius 2 is 2.00 bits per heavy atom. The highest BCUT2D eigenvalue weighted by atomic mass is 16.5. The second kappa shape index (κ2) is 8.04. The minimum Gasteiger partial charge on any atom is -0.466 e. The second-order valence-corrected chi connectivity index (χ2v) is 5.07. The molecular weight excluding hydrogens is 254 g/mol. The molecule has 1 unspecified atom stereocenters. The molecule has 1 atom stereocenters. The molecular formula is C15H27N3O2. The van der Waals surface area contributed by atoms with Gasteiger partial charge in [-0.1, -0.05) is 13.8 Å². The van der Waals surface area contributed by atoms with E-state index in [-0.39, 0.29) is 12.0 Å². The maximum Gasteiger partial charge on any atom is 0.307 e. The molecule has 5 heteroatoms. The zero-order valence-electron chi connectivity index (χ0n) is 13.3. The first-order valence-corrected chi connectivity index (χ1v) is 7.46. The van der Waals surface area contributed by atoms with Crippen LogP contribution < -0.4 is 0 Å². The summed E-state index contributed by atoms with van der Waals surface area (Å²) in [5, 5.41) is 0. The number of rotatable bonds is 8. The highest BCUT2D eigenvalue weighted by Crippen LogP contribution is 2.26. The summed E-state index contributed by atoms with van der Waals surface area (Å²) >= 11 is 0. The van der Waals surface area contributed by atoms with E-state index in [4.69, 9.17) is 4.74 Å². The summed E-state index contributed by atoms with van der Waals surface area (Å²) < 4.78 is 7.24. The van der Waals surface area contributed by atoms with Gasteiger partial charge < -0.3 is 9.30 Å². The predicted octanol–water partition coefficient (Wildman–Crippen LogP) is 2.80. The second-order valence-electron chi connectivity index (χ2n) is 5.07. The fraction of sp³-hybridized carbons (Fsp3) is 0.733. The Morgan fingerprint density at radius 1 is 1.35 bits per heavy atom. The number of imidazole rings is 1. The average molecular weight is 281 g/mol. The molecule has 0 aliphatic heterocycles. The standard InChI is InChI=1S/C15H27N3O2/c1-6-17(7-2)13(9-15(19)20-8-3)14-10-16-11-18(14)12(4)5/h10-13H,6-9H2,1-5H3. The molecule has 0 fully saturated rings. The van der Waals surface area contributed by atoms with Gasteiger partial charge in [0.25, 0.3) is 0 Å². The van der Waals surface area contributed by atoms with E-state index in [0.717, 1.165) is 18.8 Å². The summed E-state index contributed by atoms with van der Waals surface area (Å²) in [6.45, 7) is 12.5. The summed E-state index contributed by atoms with van der Waals surface area (Å²) in [6.07, 6.45) is 4.07. The molecule has 0 aliphatic rings. The SMILES string of the molecule is CCOC(=O)CC(c1cncn1C(C)C)N(CC)CC. The largest absolute Gasteiger partial charge is 0.466 e. The molecule has 114 valence electrons. The number of carbonyl (C=O) groups excluding carboxylic acids is 1. The lowest BCUT2D eigenvalue weighted by molar-refractivity contribution is -0.144. The molecule has 0 aromatic carbocycles. The number of carbonyl (C=O) groups is 1. The fourth-order valence-electron chi connectivity index (χ4n) is 2.47. The van der Waals surface area contributed by atoms with Crippen molar-refractivity contribution in [1.82, 2.24) is 14.5 Å². The Balaban J connectivity index is 3.03. The number of ether oxygens (including phenoxy) is 1. The van der Waals surface area contributed by atoms with Crippen LogP contribution in [0, 0.1) is 0 Å². The molecule has 0 aliphatic carbocycles. The minimum atomic E-state index is -0.152. The van der Waals surface area contributed by atoms with Crippen LogP contribution in [0.2, 0.25) is 0 Å². The lowest BCUT2D eigenvalue weighted by Gasteiger charge is -2.30. The Kier molecular flexibility index (Phi) is 6.71. The van der Waals surface area contributed by atoms with Crippen LogP contribution in [0.15, 0.2) is 12.5 Å². The molecule has 0 radical (unpaired) electrons. The van der Waals surface area contributed by atoms with Gasteiger partial charge in [-0.2, -0.15) is 0 Å². The quantitative estimate of drug-likeness (QED) is 0.687. The van der Waals surface area contributed by atoms with Crippen LogP contribution in [0.4, 0.5) is 0 Å². The summed E-state index contributed by atoms with van der Waals surface area (Å²) in [4.78, 5) is 18.4. The zero-order chi connectivity index (χ0) is 15.1. The van der Waals surface area contributed by atoms with E-state index < -0.39 is 0 Å². The van der Waals surface area contributed by atoms with Crippen molar-refractivity contribution in [3.8, 4) is 0 Å². The number of hydrogen-bond donors (Lipinski definition) is 0. The number of esters is 1. The first-order valence-electron chi connectivity index (χ1n) is 7.46. The Hall–Kier alpha value is -1.36.